The predicted molar refractivity (Wildman–Crippen MR) is 110 cm³/mol. The van der Waals surface area contributed by atoms with Crippen molar-refractivity contribution >= 4 is 12.1 Å². The van der Waals surface area contributed by atoms with Crippen LogP contribution >= 0.6 is 0 Å². The molecule has 0 spiro atoms. The first kappa shape index (κ1) is 19.2. The largest absolute Gasteiger partial charge is 0.497 e. The average Bonchev–Trinajstić information content (AvgIpc) is 2.73. The lowest BCUT2D eigenvalue weighted by Crippen LogP contribution is -2.17. The van der Waals surface area contributed by atoms with E-state index >= 15 is 0 Å². The summed E-state index contributed by atoms with van der Waals surface area (Å²) in [6, 6.07) is 22.6. The van der Waals surface area contributed by atoms with Crippen molar-refractivity contribution in [1.29, 1.82) is 0 Å². The number of carbonyl (C=O) groups excluding carboxylic acids is 1. The van der Waals surface area contributed by atoms with Crippen molar-refractivity contribution in [3.05, 3.63) is 95.1 Å². The molecule has 0 aliphatic carbocycles. The molecule has 142 valence electrons. The summed E-state index contributed by atoms with van der Waals surface area (Å²) in [6.07, 6.45) is 1.58. The van der Waals surface area contributed by atoms with Crippen LogP contribution < -0.4 is 14.9 Å². The first-order valence-electron chi connectivity index (χ1n) is 8.90. The number of aryl methyl sites for hydroxylation is 1. The van der Waals surface area contributed by atoms with E-state index in [4.69, 9.17) is 9.47 Å². The van der Waals surface area contributed by atoms with Gasteiger partial charge in [-0.15, -0.1) is 0 Å². The Kier molecular flexibility index (Phi) is 6.41. The van der Waals surface area contributed by atoms with Gasteiger partial charge < -0.3 is 9.47 Å². The fraction of sp³-hybridized carbons (Fsp3) is 0.130. The second-order valence-electron chi connectivity index (χ2n) is 6.27. The monoisotopic (exact) mass is 374 g/mol. The van der Waals surface area contributed by atoms with Crippen molar-refractivity contribution in [1.82, 2.24) is 5.43 Å². The van der Waals surface area contributed by atoms with E-state index in [0.717, 1.165) is 16.9 Å². The molecule has 1 amide bonds. The van der Waals surface area contributed by atoms with Gasteiger partial charge in [0.05, 0.1) is 13.3 Å². The van der Waals surface area contributed by atoms with Gasteiger partial charge in [-0.05, 0) is 54.4 Å². The third-order valence-corrected chi connectivity index (χ3v) is 4.12. The average molecular weight is 374 g/mol. The maximum Gasteiger partial charge on any atom is 0.271 e. The molecule has 0 aliphatic rings. The van der Waals surface area contributed by atoms with E-state index in [0.29, 0.717) is 17.9 Å². The highest BCUT2D eigenvalue weighted by Crippen LogP contribution is 2.15. The summed E-state index contributed by atoms with van der Waals surface area (Å²) < 4.78 is 10.9. The minimum absolute atomic E-state index is 0.286. The topological polar surface area (TPSA) is 59.9 Å². The first-order chi connectivity index (χ1) is 13.6. The van der Waals surface area contributed by atoms with Crippen molar-refractivity contribution in [3.8, 4) is 11.5 Å². The van der Waals surface area contributed by atoms with Crippen LogP contribution in [0.4, 0.5) is 0 Å². The molecular weight excluding hydrogens is 352 g/mol. The minimum Gasteiger partial charge on any atom is -0.497 e. The Hall–Kier alpha value is -3.60. The molecule has 3 rings (SSSR count). The van der Waals surface area contributed by atoms with Crippen molar-refractivity contribution in [2.45, 2.75) is 13.5 Å². The fourth-order valence-electron chi connectivity index (χ4n) is 2.51. The first-order valence-corrected chi connectivity index (χ1v) is 8.90. The number of ether oxygens (including phenoxy) is 2. The zero-order valence-corrected chi connectivity index (χ0v) is 15.9. The van der Waals surface area contributed by atoms with E-state index in [1.54, 1.807) is 37.6 Å². The molecule has 0 atom stereocenters. The number of benzene rings is 3. The molecule has 0 unspecified atom stereocenters. The molecule has 0 radical (unpaired) electrons. The van der Waals surface area contributed by atoms with Crippen molar-refractivity contribution in [3.63, 3.8) is 0 Å². The summed E-state index contributed by atoms with van der Waals surface area (Å²) in [5.74, 6) is 1.15. The Labute approximate surface area is 164 Å². The number of methoxy groups -OCH3 is 1. The Balaban J connectivity index is 1.55. The summed E-state index contributed by atoms with van der Waals surface area (Å²) in [4.78, 5) is 12.1. The van der Waals surface area contributed by atoms with Crippen LogP contribution in [0.3, 0.4) is 0 Å². The number of nitrogens with one attached hydrogen (secondary N) is 1. The number of rotatable bonds is 7. The molecule has 0 saturated heterocycles. The number of amides is 1. The normalized spacial score (nSPS) is 10.6. The molecule has 28 heavy (non-hydrogen) atoms. The third kappa shape index (κ3) is 5.45. The van der Waals surface area contributed by atoms with Gasteiger partial charge in [0.25, 0.3) is 5.91 Å². The van der Waals surface area contributed by atoms with E-state index in [9.17, 15) is 4.79 Å². The van der Waals surface area contributed by atoms with Gasteiger partial charge in [0, 0.05) is 5.56 Å². The lowest BCUT2D eigenvalue weighted by molar-refractivity contribution is 0.0955. The Morgan fingerprint density at radius 2 is 1.75 bits per heavy atom. The van der Waals surface area contributed by atoms with Gasteiger partial charge in [0.1, 0.15) is 18.1 Å². The lowest BCUT2D eigenvalue weighted by Gasteiger charge is -2.07. The summed E-state index contributed by atoms with van der Waals surface area (Å²) >= 11 is 0. The van der Waals surface area contributed by atoms with Gasteiger partial charge in [-0.3, -0.25) is 4.79 Å². The van der Waals surface area contributed by atoms with Gasteiger partial charge in [-0.25, -0.2) is 5.43 Å². The van der Waals surface area contributed by atoms with E-state index in [-0.39, 0.29) is 5.91 Å². The quantitative estimate of drug-likeness (QED) is 0.494. The van der Waals surface area contributed by atoms with Gasteiger partial charge in [0.2, 0.25) is 0 Å². The van der Waals surface area contributed by atoms with Crippen LogP contribution in [0.5, 0.6) is 11.5 Å². The van der Waals surface area contributed by atoms with E-state index in [1.807, 2.05) is 24.3 Å². The van der Waals surface area contributed by atoms with Gasteiger partial charge in [0.15, 0.2) is 0 Å². The Bertz CT molecular complexity index is 948. The highest BCUT2D eigenvalue weighted by Gasteiger charge is 2.04. The second-order valence-corrected chi connectivity index (χ2v) is 6.27. The molecule has 3 aromatic carbocycles. The highest BCUT2D eigenvalue weighted by atomic mass is 16.5. The van der Waals surface area contributed by atoms with Crippen molar-refractivity contribution < 1.29 is 14.3 Å². The molecule has 5 heteroatoms. The summed E-state index contributed by atoms with van der Waals surface area (Å²) in [5, 5.41) is 4.02. The van der Waals surface area contributed by atoms with Crippen LogP contribution in [0, 0.1) is 6.92 Å². The predicted octanol–water partition coefficient (Wildman–Crippen LogP) is 4.35. The van der Waals surface area contributed by atoms with Crippen LogP contribution in [-0.2, 0) is 6.61 Å². The molecular formula is C23H22N2O3. The number of nitrogens with zero attached hydrogens (tertiary/aromatic N) is 1. The second kappa shape index (κ2) is 9.37. The Morgan fingerprint density at radius 1 is 1.00 bits per heavy atom. The minimum atomic E-state index is -0.286. The van der Waals surface area contributed by atoms with Crippen LogP contribution in [0.15, 0.2) is 77.9 Å². The zero-order valence-electron chi connectivity index (χ0n) is 15.9. The zero-order chi connectivity index (χ0) is 19.8. The third-order valence-electron chi connectivity index (χ3n) is 4.12. The van der Waals surface area contributed by atoms with E-state index in [1.165, 1.54) is 5.56 Å². The number of hydrogen-bond acceptors (Lipinski definition) is 4. The van der Waals surface area contributed by atoms with Gasteiger partial charge in [-0.1, -0.05) is 42.0 Å². The molecule has 0 fully saturated rings. The number of hydrazone groups is 1. The van der Waals surface area contributed by atoms with Crippen molar-refractivity contribution in [2.75, 3.05) is 7.11 Å². The number of hydrogen-bond donors (Lipinski definition) is 1. The van der Waals surface area contributed by atoms with Gasteiger partial charge >= 0.3 is 0 Å². The Morgan fingerprint density at radius 3 is 2.46 bits per heavy atom. The fourth-order valence-corrected chi connectivity index (χ4v) is 2.51. The standard InChI is InChI=1S/C23H22N2O3/c1-17-6-8-18(9-7-17)16-28-22-5-3-4-19(14-22)15-24-25-23(26)20-10-12-21(27-2)13-11-20/h3-15H,16H2,1-2H3,(H,25,26)/b24-15+. The smallest absolute Gasteiger partial charge is 0.271 e. The molecule has 0 saturated carbocycles. The summed E-state index contributed by atoms with van der Waals surface area (Å²) in [6.45, 7) is 2.55. The van der Waals surface area contributed by atoms with Crippen LogP contribution in [0.1, 0.15) is 27.0 Å². The summed E-state index contributed by atoms with van der Waals surface area (Å²) in [5.41, 5.74) is 6.18. The molecule has 0 heterocycles. The van der Waals surface area contributed by atoms with Crippen molar-refractivity contribution in [2.24, 2.45) is 5.10 Å². The molecule has 0 bridgehead atoms. The highest BCUT2D eigenvalue weighted by molar-refractivity contribution is 5.95. The maximum atomic E-state index is 12.1. The molecule has 5 nitrogen and oxygen atoms in total. The summed E-state index contributed by atoms with van der Waals surface area (Å²) in [7, 11) is 1.58. The number of carbonyl (C=O) groups is 1. The molecule has 1 N–H and O–H groups in total. The van der Waals surface area contributed by atoms with Gasteiger partial charge in [-0.2, -0.15) is 5.10 Å². The lowest BCUT2D eigenvalue weighted by atomic mass is 10.2. The molecule has 3 aromatic rings. The SMILES string of the molecule is COc1ccc(C(=O)N/N=C/c2cccc(OCc3ccc(C)cc3)c2)cc1. The van der Waals surface area contributed by atoms with Crippen LogP contribution in [-0.4, -0.2) is 19.2 Å². The van der Waals surface area contributed by atoms with Crippen LogP contribution in [0.25, 0.3) is 0 Å². The van der Waals surface area contributed by atoms with E-state index < -0.39 is 0 Å². The van der Waals surface area contributed by atoms with Crippen LogP contribution in [0.2, 0.25) is 0 Å². The molecule has 0 aromatic heterocycles. The maximum absolute atomic E-state index is 12.1. The van der Waals surface area contributed by atoms with E-state index in [2.05, 4.69) is 41.7 Å². The molecule has 0 aliphatic heterocycles.